The molecule has 29 heavy (non-hydrogen) atoms. The zero-order valence-electron chi connectivity index (χ0n) is 16.7. The maximum absolute atomic E-state index is 12.6. The van der Waals surface area contributed by atoms with Gasteiger partial charge in [-0.1, -0.05) is 13.0 Å². The van der Waals surface area contributed by atoms with E-state index in [1.807, 2.05) is 18.4 Å². The first-order chi connectivity index (χ1) is 13.6. The van der Waals surface area contributed by atoms with Crippen LogP contribution in [0.25, 0.3) is 0 Å². The van der Waals surface area contributed by atoms with Crippen LogP contribution in [0.15, 0.2) is 29.5 Å². The van der Waals surface area contributed by atoms with Gasteiger partial charge in [-0.15, -0.1) is 34.2 Å². The number of alkyl halides is 2. The Morgan fingerprint density at radius 1 is 1.24 bits per heavy atom. The van der Waals surface area contributed by atoms with Gasteiger partial charge >= 0.3 is 6.61 Å². The monoisotopic (exact) mass is 524 g/mol. The quantitative estimate of drug-likeness (QED) is 0.283. The average molecular weight is 524 g/mol. The lowest BCUT2D eigenvalue weighted by atomic mass is 10.2. The number of methoxy groups -OCH3 is 1. The van der Waals surface area contributed by atoms with Crippen molar-refractivity contribution in [1.82, 2.24) is 25.4 Å². The van der Waals surface area contributed by atoms with Crippen LogP contribution in [-0.4, -0.2) is 47.5 Å². The molecule has 1 aromatic carbocycles. The molecule has 0 spiro atoms. The maximum Gasteiger partial charge on any atom is 0.387 e. The Labute approximate surface area is 186 Å². The van der Waals surface area contributed by atoms with Crippen LogP contribution in [0.2, 0.25) is 0 Å². The van der Waals surface area contributed by atoms with Crippen LogP contribution in [0, 0.1) is 0 Å². The Bertz CT molecular complexity index is 773. The van der Waals surface area contributed by atoms with E-state index < -0.39 is 6.61 Å². The summed E-state index contributed by atoms with van der Waals surface area (Å²) in [7, 11) is 1.40. The number of ether oxygens (including phenoxy) is 2. The minimum Gasteiger partial charge on any atom is -0.493 e. The van der Waals surface area contributed by atoms with Gasteiger partial charge in [-0.3, -0.25) is 0 Å². The van der Waals surface area contributed by atoms with Gasteiger partial charge in [-0.2, -0.15) is 8.78 Å². The number of rotatable bonds is 10. The molecule has 11 heteroatoms. The maximum atomic E-state index is 12.6. The summed E-state index contributed by atoms with van der Waals surface area (Å²) >= 11 is 0. The van der Waals surface area contributed by atoms with Gasteiger partial charge in [0.15, 0.2) is 17.5 Å². The van der Waals surface area contributed by atoms with Crippen molar-refractivity contribution in [3.63, 3.8) is 0 Å². The molecule has 2 aromatic rings. The van der Waals surface area contributed by atoms with Crippen molar-refractivity contribution < 1.29 is 18.3 Å². The number of aliphatic imine (C=N–C) groups is 1. The zero-order chi connectivity index (χ0) is 20.4. The third-order valence-electron chi connectivity index (χ3n) is 3.87. The fraction of sp³-hybridized carbons (Fsp3) is 0.500. The summed E-state index contributed by atoms with van der Waals surface area (Å²) in [5, 5.41) is 14.4. The van der Waals surface area contributed by atoms with Crippen LogP contribution in [0.3, 0.4) is 0 Å². The van der Waals surface area contributed by atoms with E-state index in [2.05, 4.69) is 30.6 Å². The molecule has 0 aliphatic rings. The minimum absolute atomic E-state index is 0. The standard InChI is InChI=1S/C18H26F2N6O2.HI/c1-4-16-25-24-12-26(16)9-8-22-18(21-5-2)23-11-13-6-7-14(27-3)15(10-13)28-17(19)20;/h6-7,10,12,17H,4-5,8-9,11H2,1-3H3,(H2,21,22,23);1H. The Kier molecular flexibility index (Phi) is 11.2. The highest BCUT2D eigenvalue weighted by molar-refractivity contribution is 14.0. The van der Waals surface area contributed by atoms with E-state index in [1.165, 1.54) is 13.2 Å². The van der Waals surface area contributed by atoms with Gasteiger partial charge in [-0.25, -0.2) is 4.99 Å². The van der Waals surface area contributed by atoms with E-state index in [-0.39, 0.29) is 35.5 Å². The Morgan fingerprint density at radius 2 is 2.03 bits per heavy atom. The van der Waals surface area contributed by atoms with Crippen LogP contribution in [0.4, 0.5) is 8.78 Å². The molecule has 0 saturated carbocycles. The van der Waals surface area contributed by atoms with Crippen LogP contribution in [0.5, 0.6) is 11.5 Å². The van der Waals surface area contributed by atoms with E-state index in [9.17, 15) is 8.78 Å². The number of hydrogen-bond donors (Lipinski definition) is 2. The van der Waals surface area contributed by atoms with E-state index >= 15 is 0 Å². The molecule has 2 rings (SSSR count). The third kappa shape index (κ3) is 7.99. The van der Waals surface area contributed by atoms with Crippen molar-refractivity contribution in [3.05, 3.63) is 35.9 Å². The van der Waals surface area contributed by atoms with Gasteiger partial charge in [0.25, 0.3) is 0 Å². The highest BCUT2D eigenvalue weighted by atomic mass is 127. The second-order valence-corrected chi connectivity index (χ2v) is 5.78. The molecule has 0 aliphatic heterocycles. The van der Waals surface area contributed by atoms with Crippen molar-refractivity contribution >= 4 is 29.9 Å². The highest BCUT2D eigenvalue weighted by Gasteiger charge is 2.11. The fourth-order valence-electron chi connectivity index (χ4n) is 2.55. The SMILES string of the molecule is CCNC(=NCc1ccc(OC)c(OC(F)F)c1)NCCn1cnnc1CC.I. The molecule has 0 saturated heterocycles. The molecule has 0 unspecified atom stereocenters. The van der Waals surface area contributed by atoms with Crippen LogP contribution >= 0.6 is 24.0 Å². The van der Waals surface area contributed by atoms with E-state index in [1.54, 1.807) is 18.5 Å². The van der Waals surface area contributed by atoms with Crippen LogP contribution in [0.1, 0.15) is 25.2 Å². The minimum atomic E-state index is -2.92. The van der Waals surface area contributed by atoms with Crippen LogP contribution < -0.4 is 20.1 Å². The number of halogens is 3. The molecule has 0 amide bonds. The van der Waals surface area contributed by atoms with Gasteiger partial charge in [0.05, 0.1) is 13.7 Å². The summed E-state index contributed by atoms with van der Waals surface area (Å²) in [5.74, 6) is 1.79. The van der Waals surface area contributed by atoms with Crippen molar-refractivity contribution in [3.8, 4) is 11.5 Å². The molecule has 1 aromatic heterocycles. The molecule has 0 aliphatic carbocycles. The largest absolute Gasteiger partial charge is 0.493 e. The summed E-state index contributed by atoms with van der Waals surface area (Å²) in [6.07, 6.45) is 2.52. The molecule has 2 N–H and O–H groups in total. The molecular formula is C18H27F2IN6O2. The Balaban J connectivity index is 0.00000420. The van der Waals surface area contributed by atoms with Gasteiger partial charge < -0.3 is 24.7 Å². The van der Waals surface area contributed by atoms with E-state index in [0.29, 0.717) is 32.1 Å². The molecule has 8 nitrogen and oxygen atoms in total. The number of guanidine groups is 1. The number of aryl methyl sites for hydroxylation is 1. The molecule has 1 heterocycles. The smallest absolute Gasteiger partial charge is 0.387 e. The lowest BCUT2D eigenvalue weighted by molar-refractivity contribution is -0.0512. The van der Waals surface area contributed by atoms with E-state index in [0.717, 1.165) is 17.8 Å². The third-order valence-corrected chi connectivity index (χ3v) is 3.87. The first-order valence-corrected chi connectivity index (χ1v) is 9.07. The molecule has 0 bridgehead atoms. The number of aromatic nitrogens is 3. The average Bonchev–Trinajstić information content (AvgIpc) is 3.13. The second kappa shape index (κ2) is 13.1. The number of benzene rings is 1. The Morgan fingerprint density at radius 3 is 2.69 bits per heavy atom. The summed E-state index contributed by atoms with van der Waals surface area (Å²) in [6, 6.07) is 4.85. The predicted octanol–water partition coefficient (Wildman–Crippen LogP) is 2.82. The number of nitrogens with one attached hydrogen (secondary N) is 2. The predicted molar refractivity (Wildman–Crippen MR) is 117 cm³/mol. The second-order valence-electron chi connectivity index (χ2n) is 5.78. The first kappa shape index (κ1) is 24.9. The normalized spacial score (nSPS) is 11.2. The lowest BCUT2D eigenvalue weighted by Gasteiger charge is -2.13. The van der Waals surface area contributed by atoms with Gasteiger partial charge in [-0.05, 0) is 24.6 Å². The Hall–Kier alpha value is -2.18. The fourth-order valence-corrected chi connectivity index (χ4v) is 2.55. The van der Waals surface area contributed by atoms with E-state index in [4.69, 9.17) is 4.74 Å². The summed E-state index contributed by atoms with van der Waals surface area (Å²) in [4.78, 5) is 4.49. The van der Waals surface area contributed by atoms with Gasteiger partial charge in [0.2, 0.25) is 0 Å². The van der Waals surface area contributed by atoms with Crippen molar-refractivity contribution in [2.75, 3.05) is 20.2 Å². The molecular weight excluding hydrogens is 497 g/mol. The van der Waals surface area contributed by atoms with Crippen molar-refractivity contribution in [2.45, 2.75) is 40.0 Å². The number of hydrogen-bond acceptors (Lipinski definition) is 5. The van der Waals surface area contributed by atoms with Crippen molar-refractivity contribution in [2.24, 2.45) is 4.99 Å². The summed E-state index contributed by atoms with van der Waals surface area (Å²) in [5.41, 5.74) is 0.723. The lowest BCUT2D eigenvalue weighted by Crippen LogP contribution is -2.38. The summed E-state index contributed by atoms with van der Waals surface area (Å²) in [6.45, 7) is 3.41. The number of nitrogens with zero attached hydrogens (tertiary/aromatic N) is 4. The highest BCUT2D eigenvalue weighted by Crippen LogP contribution is 2.29. The first-order valence-electron chi connectivity index (χ1n) is 9.07. The van der Waals surface area contributed by atoms with Crippen LogP contribution in [-0.2, 0) is 19.5 Å². The van der Waals surface area contributed by atoms with Gasteiger partial charge in [0, 0.05) is 26.1 Å². The molecule has 0 atom stereocenters. The topological polar surface area (TPSA) is 85.6 Å². The molecule has 0 fully saturated rings. The van der Waals surface area contributed by atoms with Gasteiger partial charge in [0.1, 0.15) is 12.2 Å². The van der Waals surface area contributed by atoms with Crippen molar-refractivity contribution in [1.29, 1.82) is 0 Å². The zero-order valence-corrected chi connectivity index (χ0v) is 19.0. The molecule has 0 radical (unpaired) electrons. The summed E-state index contributed by atoms with van der Waals surface area (Å²) < 4.78 is 36.6. The molecule has 162 valence electrons.